The number of anilines is 1. The first-order chi connectivity index (χ1) is 11.3. The molecule has 0 aliphatic carbocycles. The van der Waals surface area contributed by atoms with Gasteiger partial charge >= 0.3 is 12.2 Å². The maximum atomic E-state index is 13.1. The molecule has 9 heteroatoms. The number of nitrogens with zero attached hydrogens (tertiary/aromatic N) is 3. The molecule has 0 spiro atoms. The number of benzene rings is 1. The first-order valence-corrected chi connectivity index (χ1v) is 7.34. The largest absolute Gasteiger partial charge is 0.417 e. The van der Waals surface area contributed by atoms with Gasteiger partial charge in [-0.1, -0.05) is 0 Å². The summed E-state index contributed by atoms with van der Waals surface area (Å²) in [4.78, 5) is 27.4. The zero-order chi connectivity index (χ0) is 17.2. The van der Waals surface area contributed by atoms with E-state index in [4.69, 9.17) is 5.26 Å². The molecular weight excluding hydrogens is 325 g/mol. The molecule has 3 heterocycles. The Morgan fingerprint density at radius 1 is 1.29 bits per heavy atom. The van der Waals surface area contributed by atoms with E-state index in [1.165, 1.54) is 17.0 Å². The minimum atomic E-state index is -4.75. The summed E-state index contributed by atoms with van der Waals surface area (Å²) in [6.45, 7) is 0.579. The molecule has 0 radical (unpaired) electrons. The highest BCUT2D eigenvalue weighted by atomic mass is 19.4. The predicted molar refractivity (Wildman–Crippen MR) is 74.9 cm³/mol. The van der Waals surface area contributed by atoms with Gasteiger partial charge in [-0.3, -0.25) is 4.79 Å². The molecule has 3 atom stereocenters. The molecule has 4 rings (SSSR count). The molecule has 3 saturated heterocycles. The fourth-order valence-corrected chi connectivity index (χ4v) is 3.77. The lowest BCUT2D eigenvalue weighted by molar-refractivity contribution is -0.137. The van der Waals surface area contributed by atoms with Gasteiger partial charge in [0.2, 0.25) is 0 Å². The lowest BCUT2D eigenvalue weighted by Crippen LogP contribution is -2.51. The van der Waals surface area contributed by atoms with Crippen LogP contribution in [0.1, 0.15) is 17.5 Å². The fraction of sp³-hybridized carbons (Fsp3) is 0.400. The molecule has 24 heavy (non-hydrogen) atoms. The van der Waals surface area contributed by atoms with Gasteiger partial charge in [0.05, 0.1) is 22.9 Å². The monoisotopic (exact) mass is 336 g/mol. The molecule has 2 bridgehead atoms. The molecule has 1 aromatic rings. The second-order valence-corrected chi connectivity index (χ2v) is 6.05. The van der Waals surface area contributed by atoms with Crippen molar-refractivity contribution in [2.45, 2.75) is 30.7 Å². The highest BCUT2D eigenvalue weighted by Gasteiger charge is 2.59. The van der Waals surface area contributed by atoms with Crippen LogP contribution in [0.4, 0.5) is 23.7 Å². The number of rotatable bonds is 1. The number of imide groups is 1. The summed E-state index contributed by atoms with van der Waals surface area (Å²) < 4.78 is 39.3. The van der Waals surface area contributed by atoms with Crippen LogP contribution in [0, 0.1) is 11.3 Å². The van der Waals surface area contributed by atoms with E-state index in [-0.39, 0.29) is 17.8 Å². The number of carbonyl (C=O) groups is 2. The van der Waals surface area contributed by atoms with Crippen molar-refractivity contribution in [3.63, 3.8) is 0 Å². The predicted octanol–water partition coefficient (Wildman–Crippen LogP) is 1.46. The lowest BCUT2D eigenvalue weighted by Gasteiger charge is -2.26. The highest BCUT2D eigenvalue weighted by Crippen LogP contribution is 2.40. The number of nitriles is 1. The van der Waals surface area contributed by atoms with Crippen LogP contribution in [-0.2, 0) is 11.0 Å². The fourth-order valence-electron chi connectivity index (χ4n) is 3.77. The molecule has 2 unspecified atom stereocenters. The Balaban J connectivity index is 1.76. The van der Waals surface area contributed by atoms with E-state index in [0.717, 1.165) is 11.0 Å². The molecular formula is C15H11F3N4O2. The van der Waals surface area contributed by atoms with Crippen LogP contribution < -0.4 is 10.2 Å². The summed E-state index contributed by atoms with van der Waals surface area (Å²) in [7, 11) is 0. The molecule has 3 fully saturated rings. The summed E-state index contributed by atoms with van der Waals surface area (Å²) >= 11 is 0. The maximum absolute atomic E-state index is 13.1. The number of hydrogen-bond acceptors (Lipinski definition) is 4. The van der Waals surface area contributed by atoms with Crippen LogP contribution >= 0.6 is 0 Å². The lowest BCUT2D eigenvalue weighted by atomic mass is 10.1. The van der Waals surface area contributed by atoms with Gasteiger partial charge in [-0.15, -0.1) is 0 Å². The third kappa shape index (κ3) is 1.86. The Kier molecular flexibility index (Phi) is 2.93. The van der Waals surface area contributed by atoms with E-state index in [1.807, 2.05) is 0 Å². The van der Waals surface area contributed by atoms with Crippen molar-refractivity contribution < 1.29 is 22.8 Å². The van der Waals surface area contributed by atoms with Crippen molar-refractivity contribution in [3.8, 4) is 6.07 Å². The molecule has 6 nitrogen and oxygen atoms in total. The zero-order valence-corrected chi connectivity index (χ0v) is 12.2. The minimum absolute atomic E-state index is 0.109. The second-order valence-electron chi connectivity index (χ2n) is 6.05. The molecule has 0 aromatic heterocycles. The molecule has 124 valence electrons. The smallest absolute Gasteiger partial charge is 0.309 e. The number of urea groups is 1. The van der Waals surface area contributed by atoms with Crippen molar-refractivity contribution in [1.82, 2.24) is 10.2 Å². The SMILES string of the molecule is N#Cc1ccc(N2C(=O)[C@H]3C4CC(CN4)N3C2=O)cc1C(F)(F)F. The van der Waals surface area contributed by atoms with E-state index >= 15 is 0 Å². The van der Waals surface area contributed by atoms with Gasteiger partial charge in [0.25, 0.3) is 5.91 Å². The zero-order valence-electron chi connectivity index (χ0n) is 12.2. The third-order valence-corrected chi connectivity index (χ3v) is 4.79. The van der Waals surface area contributed by atoms with Crippen LogP contribution in [-0.4, -0.2) is 41.5 Å². The summed E-state index contributed by atoms with van der Waals surface area (Å²) in [5.41, 5.74) is -1.87. The topological polar surface area (TPSA) is 76.4 Å². The van der Waals surface area contributed by atoms with Gasteiger partial charge in [0, 0.05) is 18.6 Å². The number of hydrogen-bond donors (Lipinski definition) is 1. The number of carbonyl (C=O) groups excluding carboxylic acids is 2. The van der Waals surface area contributed by atoms with Gasteiger partial charge in [-0.05, 0) is 24.6 Å². The first kappa shape index (κ1) is 15.0. The average Bonchev–Trinajstić information content (AvgIpc) is 3.20. The Labute approximate surface area is 134 Å². The van der Waals surface area contributed by atoms with Crippen molar-refractivity contribution >= 4 is 17.6 Å². The standard InChI is InChI=1S/C15H11F3N4O2/c16-15(17,18)10-3-8(2-1-7(10)5-19)22-13(23)12-11-4-9(6-20-11)21(12)14(22)24/h1-3,9,11-12,20H,4,6H2/t9?,11?,12-/m1/s1. The number of alkyl halides is 3. The van der Waals surface area contributed by atoms with Gasteiger partial charge in [0.15, 0.2) is 0 Å². The van der Waals surface area contributed by atoms with E-state index in [0.29, 0.717) is 19.0 Å². The molecule has 0 saturated carbocycles. The number of piperazine rings is 1. The Bertz CT molecular complexity index is 773. The van der Waals surface area contributed by atoms with Crippen LogP contribution in [0.25, 0.3) is 0 Å². The van der Waals surface area contributed by atoms with Crippen molar-refractivity contribution in [2.75, 3.05) is 11.4 Å². The van der Waals surface area contributed by atoms with Crippen LogP contribution in [0.2, 0.25) is 0 Å². The normalized spacial score (nSPS) is 28.5. The highest BCUT2D eigenvalue weighted by molar-refractivity contribution is 6.22. The third-order valence-electron chi connectivity index (χ3n) is 4.79. The van der Waals surface area contributed by atoms with E-state index in [2.05, 4.69) is 5.32 Å². The Hall–Kier alpha value is -2.60. The maximum Gasteiger partial charge on any atom is 0.417 e. The van der Waals surface area contributed by atoms with Gasteiger partial charge in [0.1, 0.15) is 6.04 Å². The van der Waals surface area contributed by atoms with Crippen LogP contribution in [0.3, 0.4) is 0 Å². The molecule has 1 aromatic carbocycles. The Morgan fingerprint density at radius 3 is 2.67 bits per heavy atom. The van der Waals surface area contributed by atoms with E-state index in [1.54, 1.807) is 0 Å². The molecule has 1 N–H and O–H groups in total. The summed E-state index contributed by atoms with van der Waals surface area (Å²) in [6, 6.07) is 2.81. The number of nitrogens with one attached hydrogen (secondary N) is 1. The summed E-state index contributed by atoms with van der Waals surface area (Å²) in [5.74, 6) is -0.530. The number of halogens is 3. The van der Waals surface area contributed by atoms with Crippen molar-refractivity contribution in [1.29, 1.82) is 5.26 Å². The van der Waals surface area contributed by atoms with E-state index < -0.39 is 35.3 Å². The van der Waals surface area contributed by atoms with Crippen LogP contribution in [0.15, 0.2) is 18.2 Å². The Morgan fingerprint density at radius 2 is 2.04 bits per heavy atom. The summed E-state index contributed by atoms with van der Waals surface area (Å²) in [5, 5.41) is 12.0. The number of fused-ring (bicyclic) bond motifs is 5. The minimum Gasteiger partial charge on any atom is -0.309 e. The first-order valence-electron chi connectivity index (χ1n) is 7.34. The summed E-state index contributed by atoms with van der Waals surface area (Å²) in [6.07, 6.45) is -4.07. The van der Waals surface area contributed by atoms with Crippen molar-refractivity contribution in [3.05, 3.63) is 29.3 Å². The molecule has 3 aliphatic heterocycles. The van der Waals surface area contributed by atoms with Gasteiger partial charge in [-0.25, -0.2) is 9.69 Å². The van der Waals surface area contributed by atoms with E-state index in [9.17, 15) is 22.8 Å². The van der Waals surface area contributed by atoms with Crippen molar-refractivity contribution in [2.24, 2.45) is 0 Å². The second kappa shape index (κ2) is 4.70. The average molecular weight is 336 g/mol. The van der Waals surface area contributed by atoms with Crippen LogP contribution in [0.5, 0.6) is 0 Å². The van der Waals surface area contributed by atoms with Gasteiger partial charge in [-0.2, -0.15) is 18.4 Å². The molecule has 3 amide bonds. The van der Waals surface area contributed by atoms with Gasteiger partial charge < -0.3 is 10.2 Å². The number of amides is 3. The quantitative estimate of drug-likeness (QED) is 0.788. The molecule has 3 aliphatic rings.